The number of amides is 3. The van der Waals surface area contributed by atoms with Crippen LogP contribution in [0.15, 0.2) is 46.9 Å². The van der Waals surface area contributed by atoms with Crippen molar-refractivity contribution in [2.24, 2.45) is 5.92 Å². The Morgan fingerprint density at radius 1 is 1.03 bits per heavy atom. The average Bonchev–Trinajstić information content (AvgIpc) is 3.32. The van der Waals surface area contributed by atoms with Crippen LogP contribution in [0, 0.1) is 12.8 Å². The lowest BCUT2D eigenvalue weighted by Gasteiger charge is -2.44. The van der Waals surface area contributed by atoms with Crippen LogP contribution in [0.2, 0.25) is 0 Å². The number of likely N-dealkylation sites (N-methyl/N-ethyl adjacent to an activating group) is 1. The first-order valence-corrected chi connectivity index (χ1v) is 10.1. The fourth-order valence-electron chi connectivity index (χ4n) is 5.51. The Hall–Kier alpha value is -2.64. The molecule has 5 rings (SSSR count). The second-order valence-corrected chi connectivity index (χ2v) is 8.27. The Morgan fingerprint density at radius 2 is 1.79 bits per heavy atom. The van der Waals surface area contributed by atoms with Crippen molar-refractivity contribution in [1.29, 1.82) is 0 Å². The maximum Gasteiger partial charge on any atom is 0.326 e. The van der Waals surface area contributed by atoms with Crippen LogP contribution in [0.1, 0.15) is 29.2 Å². The van der Waals surface area contributed by atoms with Gasteiger partial charge in [0.2, 0.25) is 5.91 Å². The van der Waals surface area contributed by atoms with Gasteiger partial charge >= 0.3 is 6.03 Å². The lowest BCUT2D eigenvalue weighted by molar-refractivity contribution is -0.137. The minimum Gasteiger partial charge on any atom is -0.465 e. The first-order chi connectivity index (χ1) is 14.0. The van der Waals surface area contributed by atoms with Gasteiger partial charge in [0.25, 0.3) is 0 Å². The summed E-state index contributed by atoms with van der Waals surface area (Å²) in [6, 6.07) is 13.5. The van der Waals surface area contributed by atoms with Gasteiger partial charge in [0, 0.05) is 33.2 Å². The maximum absolute atomic E-state index is 13.3. The average molecular weight is 394 g/mol. The summed E-state index contributed by atoms with van der Waals surface area (Å²) < 4.78 is 5.97. The highest BCUT2D eigenvalue weighted by Gasteiger charge is 2.61. The smallest absolute Gasteiger partial charge is 0.326 e. The minimum absolute atomic E-state index is 0.0453. The number of imide groups is 1. The highest BCUT2D eigenvalue weighted by molar-refractivity contribution is 5.99. The number of fused-ring (bicyclic) bond motifs is 3. The number of nitrogens with one attached hydrogen (secondary N) is 1. The van der Waals surface area contributed by atoms with Crippen LogP contribution >= 0.6 is 0 Å². The van der Waals surface area contributed by atoms with Crippen molar-refractivity contribution >= 4 is 11.9 Å². The fourth-order valence-corrected chi connectivity index (χ4v) is 5.51. The summed E-state index contributed by atoms with van der Waals surface area (Å²) >= 11 is 0. The molecule has 4 unspecified atom stereocenters. The Morgan fingerprint density at radius 3 is 2.48 bits per heavy atom. The normalized spacial score (nSPS) is 32.4. The first-order valence-electron chi connectivity index (χ1n) is 10.1. The highest BCUT2D eigenvalue weighted by atomic mass is 16.3. The van der Waals surface area contributed by atoms with Crippen LogP contribution in [0.3, 0.4) is 0 Å². The number of carbonyl (C=O) groups is 2. The molecule has 5 atom stereocenters. The number of carbonyl (C=O) groups excluding carboxylic acids is 2. The molecule has 1 N–H and O–H groups in total. The van der Waals surface area contributed by atoms with Crippen molar-refractivity contribution in [3.8, 4) is 0 Å². The standard InChI is InChI=1S/C22H26N4O3/c1-13-9-10-15(29-13)17-20-19-16(21(27)25(3)22(28)24(19)2)18(26(20)12-11-23-17)14-7-5-4-6-8-14/h4-10,16-20,23H,11-12H2,1-3H3/t16?,17-,18?,19?,20?/m1/s1. The fraction of sp³-hybridized carbons (Fsp3) is 0.455. The van der Waals surface area contributed by atoms with E-state index in [1.54, 1.807) is 11.9 Å². The molecule has 7 heteroatoms. The molecule has 1 aromatic carbocycles. The molecule has 3 aliphatic heterocycles. The molecule has 2 aromatic rings. The second-order valence-electron chi connectivity index (χ2n) is 8.27. The van der Waals surface area contributed by atoms with Gasteiger partial charge in [-0.25, -0.2) is 4.79 Å². The summed E-state index contributed by atoms with van der Waals surface area (Å²) in [6.45, 7) is 3.54. The molecular weight excluding hydrogens is 368 g/mol. The SMILES string of the molecule is Cc1ccc([C@H]2NCCN3C(c4ccccc4)C4C(=O)N(C)C(=O)N(C)C4C23)o1. The van der Waals surface area contributed by atoms with Gasteiger partial charge in [0.1, 0.15) is 11.5 Å². The Kier molecular flexibility index (Phi) is 4.26. The third kappa shape index (κ3) is 2.64. The Balaban J connectivity index is 1.65. The summed E-state index contributed by atoms with van der Waals surface area (Å²) in [4.78, 5) is 31.6. The monoisotopic (exact) mass is 394 g/mol. The zero-order valence-electron chi connectivity index (χ0n) is 16.9. The van der Waals surface area contributed by atoms with Crippen molar-refractivity contribution in [2.75, 3.05) is 27.2 Å². The first kappa shape index (κ1) is 18.4. The Bertz CT molecular complexity index is 943. The number of hydrogen-bond acceptors (Lipinski definition) is 5. The van der Waals surface area contributed by atoms with E-state index in [9.17, 15) is 9.59 Å². The van der Waals surface area contributed by atoms with Gasteiger partial charge in [-0.2, -0.15) is 0 Å². The predicted molar refractivity (Wildman–Crippen MR) is 107 cm³/mol. The largest absolute Gasteiger partial charge is 0.465 e. The quantitative estimate of drug-likeness (QED) is 0.846. The maximum atomic E-state index is 13.3. The van der Waals surface area contributed by atoms with Crippen LogP contribution in [0.25, 0.3) is 0 Å². The van der Waals surface area contributed by atoms with Crippen molar-refractivity contribution < 1.29 is 14.0 Å². The van der Waals surface area contributed by atoms with Crippen LogP contribution in [0.5, 0.6) is 0 Å². The van der Waals surface area contributed by atoms with E-state index in [1.165, 1.54) is 4.90 Å². The summed E-state index contributed by atoms with van der Waals surface area (Å²) in [5, 5.41) is 3.59. The summed E-state index contributed by atoms with van der Waals surface area (Å²) in [7, 11) is 3.40. The van der Waals surface area contributed by atoms with Crippen LogP contribution < -0.4 is 5.32 Å². The van der Waals surface area contributed by atoms with Crippen LogP contribution in [-0.4, -0.2) is 65.9 Å². The minimum atomic E-state index is -0.312. The topological polar surface area (TPSA) is 69.0 Å². The molecule has 7 nitrogen and oxygen atoms in total. The van der Waals surface area contributed by atoms with Gasteiger partial charge < -0.3 is 14.6 Å². The van der Waals surface area contributed by atoms with Crippen molar-refractivity contribution in [2.45, 2.75) is 31.1 Å². The molecule has 29 heavy (non-hydrogen) atoms. The summed E-state index contributed by atoms with van der Waals surface area (Å²) in [5.41, 5.74) is 1.12. The van der Waals surface area contributed by atoms with E-state index in [2.05, 4.69) is 22.3 Å². The molecule has 3 fully saturated rings. The predicted octanol–water partition coefficient (Wildman–Crippen LogP) is 2.17. The van der Waals surface area contributed by atoms with E-state index in [0.717, 1.165) is 30.2 Å². The molecular formula is C22H26N4O3. The van der Waals surface area contributed by atoms with Gasteiger partial charge in [0.05, 0.1) is 24.0 Å². The lowest BCUT2D eigenvalue weighted by atomic mass is 9.84. The van der Waals surface area contributed by atoms with Crippen molar-refractivity contribution in [1.82, 2.24) is 20.0 Å². The van der Waals surface area contributed by atoms with Gasteiger partial charge in [-0.05, 0) is 24.6 Å². The molecule has 3 aliphatic rings. The van der Waals surface area contributed by atoms with Crippen molar-refractivity contribution in [3.05, 3.63) is 59.5 Å². The van der Waals surface area contributed by atoms with Gasteiger partial charge in [-0.1, -0.05) is 30.3 Å². The van der Waals surface area contributed by atoms with E-state index >= 15 is 0 Å². The molecule has 0 spiro atoms. The number of nitrogens with zero attached hydrogens (tertiary/aromatic N) is 3. The van der Waals surface area contributed by atoms with E-state index in [-0.39, 0.29) is 42.0 Å². The number of aryl methyl sites for hydroxylation is 1. The molecule has 0 bridgehead atoms. The van der Waals surface area contributed by atoms with E-state index in [1.807, 2.05) is 44.3 Å². The molecule has 152 valence electrons. The number of benzene rings is 1. The third-order valence-corrected chi connectivity index (χ3v) is 6.73. The van der Waals surface area contributed by atoms with Gasteiger partial charge in [0.15, 0.2) is 0 Å². The molecule has 0 aliphatic carbocycles. The zero-order chi connectivity index (χ0) is 20.3. The van der Waals surface area contributed by atoms with E-state index < -0.39 is 0 Å². The second kappa shape index (κ2) is 6.71. The lowest BCUT2D eigenvalue weighted by Crippen LogP contribution is -2.63. The Labute approximate surface area is 170 Å². The molecule has 1 aromatic heterocycles. The molecule has 0 saturated carbocycles. The van der Waals surface area contributed by atoms with Crippen molar-refractivity contribution in [3.63, 3.8) is 0 Å². The zero-order valence-corrected chi connectivity index (χ0v) is 16.9. The molecule has 3 saturated heterocycles. The van der Waals surface area contributed by atoms with E-state index in [4.69, 9.17) is 4.42 Å². The summed E-state index contributed by atoms with van der Waals surface area (Å²) in [6.07, 6.45) is 0. The van der Waals surface area contributed by atoms with Crippen LogP contribution in [-0.2, 0) is 4.79 Å². The van der Waals surface area contributed by atoms with Gasteiger partial charge in [-0.15, -0.1) is 0 Å². The molecule has 3 amide bonds. The molecule has 0 radical (unpaired) electrons. The van der Waals surface area contributed by atoms with Crippen LogP contribution in [0.4, 0.5) is 4.79 Å². The number of hydrogen-bond donors (Lipinski definition) is 1. The van der Waals surface area contributed by atoms with E-state index in [0.29, 0.717) is 0 Å². The number of furan rings is 1. The number of piperazine rings is 1. The molecule has 4 heterocycles. The van der Waals surface area contributed by atoms with Gasteiger partial charge in [-0.3, -0.25) is 14.6 Å². The number of rotatable bonds is 2. The number of urea groups is 1. The summed E-state index contributed by atoms with van der Waals surface area (Å²) in [5.74, 6) is 1.30. The third-order valence-electron chi connectivity index (χ3n) is 6.73. The highest BCUT2D eigenvalue weighted by Crippen LogP contribution is 2.50.